The summed E-state index contributed by atoms with van der Waals surface area (Å²) in [4.78, 5) is 61.9. The number of carbonyl (C=O) groups is 4. The summed E-state index contributed by atoms with van der Waals surface area (Å²) in [6.45, 7) is 3.43. The molecule has 2 saturated carbocycles. The normalized spacial score (nSPS) is 28.3. The summed E-state index contributed by atoms with van der Waals surface area (Å²) in [5.41, 5.74) is -4.69. The Balaban J connectivity index is 1.37. The lowest BCUT2D eigenvalue weighted by Gasteiger charge is -2.34. The molecule has 1 aromatic carbocycles. The molecular weight excluding hydrogens is 819 g/mol. The number of sulfonamides is 1. The summed E-state index contributed by atoms with van der Waals surface area (Å²) in [5.74, 6) is -3.14. The molecule has 6 rings (SSSR count). The number of fused-ring (bicyclic) bond motifs is 3. The summed E-state index contributed by atoms with van der Waals surface area (Å²) >= 11 is 0. The van der Waals surface area contributed by atoms with Crippen LogP contribution in [-0.2, 0) is 29.1 Å². The lowest BCUT2D eigenvalue weighted by Crippen LogP contribution is -2.60. The molecule has 1 aromatic heterocycles. The topological polar surface area (TPSA) is 192 Å². The molecular formula is C40H51F4N5O10S. The summed E-state index contributed by atoms with van der Waals surface area (Å²) in [6.07, 6.45) is -1.21. The Morgan fingerprint density at radius 3 is 2.42 bits per heavy atom. The fourth-order valence-corrected chi connectivity index (χ4v) is 9.33. The molecule has 1 saturated heterocycles. The van der Waals surface area contributed by atoms with Gasteiger partial charge in [0.1, 0.15) is 46.6 Å². The molecule has 7 unspecified atom stereocenters. The van der Waals surface area contributed by atoms with E-state index < -0.39 is 92.6 Å². The zero-order chi connectivity index (χ0) is 44.0. The second-order valence-electron chi connectivity index (χ2n) is 16.9. The molecule has 4 amide bonds. The van der Waals surface area contributed by atoms with Crippen LogP contribution in [0.2, 0.25) is 0 Å². The zero-order valence-corrected chi connectivity index (χ0v) is 35.0. The Morgan fingerprint density at radius 1 is 1.07 bits per heavy atom. The predicted molar refractivity (Wildman–Crippen MR) is 208 cm³/mol. The number of alkyl carbamates (subject to hydrolysis) is 1. The van der Waals surface area contributed by atoms with Crippen molar-refractivity contribution >= 4 is 44.6 Å². The van der Waals surface area contributed by atoms with Crippen molar-refractivity contribution in [2.75, 3.05) is 27.4 Å². The van der Waals surface area contributed by atoms with Gasteiger partial charge in [-0.1, -0.05) is 26.0 Å². The van der Waals surface area contributed by atoms with Crippen LogP contribution in [0.25, 0.3) is 10.8 Å². The highest BCUT2D eigenvalue weighted by molar-refractivity contribution is 7.91. The maximum atomic E-state index is 14.8. The highest BCUT2D eigenvalue weighted by atomic mass is 32.2. The first-order chi connectivity index (χ1) is 28.1. The third-order valence-electron chi connectivity index (χ3n) is 12.1. The van der Waals surface area contributed by atoms with E-state index in [0.29, 0.717) is 55.4 Å². The van der Waals surface area contributed by atoms with Gasteiger partial charge in [-0.2, -0.15) is 13.2 Å². The molecule has 0 bridgehead atoms. The number of allylic oxidation sites excluding steroid dienone is 1. The second kappa shape index (κ2) is 16.5. The molecule has 20 heteroatoms. The Morgan fingerprint density at radius 2 is 1.78 bits per heavy atom. The molecule has 2 aliphatic heterocycles. The van der Waals surface area contributed by atoms with Crippen molar-refractivity contribution in [3.05, 3.63) is 36.5 Å². The molecule has 15 nitrogen and oxygen atoms in total. The number of ether oxygens (including phenoxy) is 4. The SMILES string of the molecule is COc1ccc2c(OC3CC4C(=O)NC5(C(=O)NS(=O)(=O)C6(CF)CC6)CC5C=CCCC(C)CC(C)C(NC(=O)OC(C)(C)C(F)(F)F)C(=O)N4C3)ncc(OC)c2c1. The van der Waals surface area contributed by atoms with Crippen LogP contribution in [0, 0.1) is 17.8 Å². The molecule has 2 aliphatic carbocycles. The van der Waals surface area contributed by atoms with Crippen LogP contribution in [0.15, 0.2) is 36.5 Å². The number of nitrogens with zero attached hydrogens (tertiary/aromatic N) is 2. The first kappa shape index (κ1) is 44.7. The van der Waals surface area contributed by atoms with Gasteiger partial charge in [0.05, 0.1) is 27.0 Å². The highest BCUT2D eigenvalue weighted by Crippen LogP contribution is 2.48. The predicted octanol–water partition coefficient (Wildman–Crippen LogP) is 4.87. The minimum absolute atomic E-state index is 0.00261. The number of hydrogen-bond acceptors (Lipinski definition) is 11. The van der Waals surface area contributed by atoms with Gasteiger partial charge in [0.2, 0.25) is 33.3 Å². The number of amides is 4. The Kier molecular flexibility index (Phi) is 12.3. The van der Waals surface area contributed by atoms with Crippen LogP contribution in [0.1, 0.15) is 72.6 Å². The molecule has 0 radical (unpaired) electrons. The van der Waals surface area contributed by atoms with Gasteiger partial charge in [0.25, 0.3) is 5.91 Å². The number of benzene rings is 1. The van der Waals surface area contributed by atoms with Crippen LogP contribution in [-0.4, -0.2) is 110 Å². The average molecular weight is 870 g/mol. The van der Waals surface area contributed by atoms with E-state index in [2.05, 4.69) is 15.6 Å². The third kappa shape index (κ3) is 8.79. The minimum atomic E-state index is -4.94. The van der Waals surface area contributed by atoms with Crippen LogP contribution >= 0.6 is 0 Å². The third-order valence-corrected chi connectivity index (χ3v) is 14.2. The van der Waals surface area contributed by atoms with Crippen molar-refractivity contribution < 1.29 is 64.1 Å². The van der Waals surface area contributed by atoms with Crippen molar-refractivity contribution in [1.29, 1.82) is 0 Å². The smallest absolute Gasteiger partial charge is 0.427 e. The lowest BCUT2D eigenvalue weighted by atomic mass is 9.88. The van der Waals surface area contributed by atoms with Gasteiger partial charge in [-0.3, -0.25) is 19.1 Å². The van der Waals surface area contributed by atoms with Gasteiger partial charge in [0.15, 0.2) is 0 Å². The molecule has 2 aromatic rings. The summed E-state index contributed by atoms with van der Waals surface area (Å²) in [5, 5.41) is 6.14. The van der Waals surface area contributed by atoms with Gasteiger partial charge in [-0.25, -0.2) is 22.6 Å². The molecule has 3 N–H and O–H groups in total. The fourth-order valence-electron chi connectivity index (χ4n) is 7.91. The fraction of sp³-hybridized carbons (Fsp3) is 0.625. The number of hydrogen-bond donors (Lipinski definition) is 3. The van der Waals surface area contributed by atoms with Gasteiger partial charge in [-0.05, 0) is 82.4 Å². The molecule has 4 aliphatic rings. The van der Waals surface area contributed by atoms with Crippen LogP contribution in [0.3, 0.4) is 0 Å². The van der Waals surface area contributed by atoms with E-state index in [0.717, 1.165) is 4.90 Å². The number of carbonyl (C=O) groups excluding carboxylic acids is 4. The average Bonchev–Trinajstić information content (AvgIpc) is 4.09. The Bertz CT molecular complexity index is 2150. The maximum absolute atomic E-state index is 14.8. The highest BCUT2D eigenvalue weighted by Gasteiger charge is 2.64. The van der Waals surface area contributed by atoms with Crippen LogP contribution in [0.4, 0.5) is 22.4 Å². The van der Waals surface area contributed by atoms with E-state index in [1.807, 2.05) is 11.6 Å². The summed E-state index contributed by atoms with van der Waals surface area (Å²) < 4.78 is 104. The Hall–Kier alpha value is -4.88. The monoisotopic (exact) mass is 869 g/mol. The van der Waals surface area contributed by atoms with E-state index >= 15 is 0 Å². The minimum Gasteiger partial charge on any atom is -0.497 e. The van der Waals surface area contributed by atoms with Crippen LogP contribution in [0.5, 0.6) is 17.4 Å². The summed E-state index contributed by atoms with van der Waals surface area (Å²) in [6, 6.07) is 2.18. The number of aromatic nitrogens is 1. The Labute approximate surface area is 345 Å². The first-order valence-electron chi connectivity index (χ1n) is 19.8. The second-order valence-corrected chi connectivity index (χ2v) is 19.0. The van der Waals surface area contributed by atoms with Crippen molar-refractivity contribution in [3.63, 3.8) is 0 Å². The molecule has 330 valence electrons. The number of pyridine rings is 1. The largest absolute Gasteiger partial charge is 0.497 e. The lowest BCUT2D eigenvalue weighted by molar-refractivity contribution is -0.244. The number of halogens is 4. The maximum Gasteiger partial charge on any atom is 0.427 e. The number of rotatable bonds is 10. The number of nitrogens with one attached hydrogen (secondary N) is 3. The first-order valence-corrected chi connectivity index (χ1v) is 21.2. The molecule has 60 heavy (non-hydrogen) atoms. The van der Waals surface area contributed by atoms with E-state index in [4.69, 9.17) is 18.9 Å². The standard InChI is InChI=1S/C40H51F4N5O10S/c1-22-9-7-8-10-24-18-39(24,35(52)48-60(54,55)38(21-41)13-14-38)47-32(50)29-17-26(58-33-27-12-11-25(56-5)16-28(27)30(57-6)19-45-33)20-49(29)34(51)31(23(2)15-22)46-36(53)59-37(3,4)40(42,43)44/h8,10-12,16,19,22-24,26,29,31H,7,9,13-15,17-18,20-21H2,1-6H3,(H,46,53)(H,47,50)(H,48,52). The van der Waals surface area contributed by atoms with E-state index in [1.54, 1.807) is 37.3 Å². The zero-order valence-electron chi connectivity index (χ0n) is 34.2. The number of methoxy groups -OCH3 is 2. The number of alkyl halides is 4. The van der Waals surface area contributed by atoms with E-state index in [1.165, 1.54) is 20.4 Å². The van der Waals surface area contributed by atoms with Crippen molar-refractivity contribution in [2.45, 2.75) is 113 Å². The summed E-state index contributed by atoms with van der Waals surface area (Å²) in [7, 11) is -1.52. The molecule has 7 atom stereocenters. The molecule has 0 spiro atoms. The van der Waals surface area contributed by atoms with Crippen molar-refractivity contribution in [3.8, 4) is 17.4 Å². The van der Waals surface area contributed by atoms with Gasteiger partial charge >= 0.3 is 12.3 Å². The van der Waals surface area contributed by atoms with E-state index in [9.17, 15) is 45.2 Å². The van der Waals surface area contributed by atoms with Crippen molar-refractivity contribution in [1.82, 2.24) is 25.2 Å². The molecule has 3 fully saturated rings. The molecule has 3 heterocycles. The quantitative estimate of drug-likeness (QED) is 0.218. The van der Waals surface area contributed by atoms with Crippen molar-refractivity contribution in [2.24, 2.45) is 17.8 Å². The van der Waals surface area contributed by atoms with Crippen LogP contribution < -0.4 is 29.6 Å². The van der Waals surface area contributed by atoms with Gasteiger partial charge < -0.3 is 34.5 Å². The van der Waals surface area contributed by atoms with E-state index in [-0.39, 0.29) is 44.0 Å². The van der Waals surface area contributed by atoms with Gasteiger partial charge in [-0.15, -0.1) is 0 Å². The van der Waals surface area contributed by atoms with Gasteiger partial charge in [0, 0.05) is 23.1 Å².